The van der Waals surface area contributed by atoms with E-state index in [-0.39, 0.29) is 11.6 Å². The number of anilines is 1. The number of carbonyl (C=O) groups excluding carboxylic acids is 3. The molecule has 8 heteroatoms. The Morgan fingerprint density at radius 2 is 1.72 bits per heavy atom. The maximum absolute atomic E-state index is 12.3. The molecule has 0 bridgehead atoms. The minimum Gasteiger partial charge on any atom is -0.452 e. The van der Waals surface area contributed by atoms with Gasteiger partial charge >= 0.3 is 5.97 Å². The van der Waals surface area contributed by atoms with Crippen LogP contribution in [-0.2, 0) is 9.53 Å². The quantitative estimate of drug-likeness (QED) is 0.471. The maximum Gasteiger partial charge on any atom is 0.359 e. The van der Waals surface area contributed by atoms with Gasteiger partial charge in [-0.15, -0.1) is 0 Å². The molecule has 1 aromatic heterocycles. The van der Waals surface area contributed by atoms with Crippen molar-refractivity contribution in [1.82, 2.24) is 10.2 Å². The molecule has 2 N–H and O–H groups in total. The summed E-state index contributed by atoms with van der Waals surface area (Å²) in [5, 5.41) is 9.38. The third-order valence-electron chi connectivity index (χ3n) is 4.19. The molecule has 0 radical (unpaired) electrons. The summed E-state index contributed by atoms with van der Waals surface area (Å²) in [7, 11) is 0. The van der Waals surface area contributed by atoms with Crippen molar-refractivity contribution in [1.29, 1.82) is 0 Å². The topological polar surface area (TPSA) is 118 Å². The van der Waals surface area contributed by atoms with E-state index in [0.29, 0.717) is 28.4 Å². The third kappa shape index (κ3) is 4.73. The predicted molar refractivity (Wildman–Crippen MR) is 107 cm³/mol. The van der Waals surface area contributed by atoms with Crippen LogP contribution in [-0.4, -0.2) is 34.5 Å². The van der Waals surface area contributed by atoms with E-state index < -0.39 is 23.9 Å². The van der Waals surface area contributed by atoms with Gasteiger partial charge in [-0.3, -0.25) is 14.4 Å². The van der Waals surface area contributed by atoms with Crippen LogP contribution in [0.5, 0.6) is 0 Å². The van der Waals surface area contributed by atoms with Gasteiger partial charge in [0.1, 0.15) is 0 Å². The number of amides is 1. The lowest BCUT2D eigenvalue weighted by Crippen LogP contribution is -2.19. The Balaban J connectivity index is 1.65. The molecule has 0 saturated carbocycles. The fourth-order valence-electron chi connectivity index (χ4n) is 2.74. The summed E-state index contributed by atoms with van der Waals surface area (Å²) < 4.78 is 5.08. The number of ether oxygens (including phenoxy) is 1. The van der Waals surface area contributed by atoms with Crippen molar-refractivity contribution in [2.75, 3.05) is 11.9 Å². The van der Waals surface area contributed by atoms with Gasteiger partial charge in [-0.1, -0.05) is 25.1 Å². The van der Waals surface area contributed by atoms with Crippen LogP contribution in [0.2, 0.25) is 0 Å². The minimum atomic E-state index is -0.811. The molecule has 0 atom stereocenters. The Hall–Kier alpha value is -3.81. The summed E-state index contributed by atoms with van der Waals surface area (Å²) in [6, 6.07) is 12.8. The van der Waals surface area contributed by atoms with Crippen molar-refractivity contribution < 1.29 is 19.1 Å². The third-order valence-corrected chi connectivity index (χ3v) is 4.19. The molecule has 8 nitrogen and oxygen atoms in total. The number of aromatic nitrogens is 2. The number of esters is 1. The molecule has 3 aromatic rings. The number of rotatable bonds is 7. The number of Topliss-reactive ketones (excluding diaryl/α,β-unsaturated/α-hetero) is 1. The summed E-state index contributed by atoms with van der Waals surface area (Å²) in [5.74, 6) is -1.31. The Labute approximate surface area is 165 Å². The van der Waals surface area contributed by atoms with E-state index in [1.807, 2.05) is 6.92 Å². The van der Waals surface area contributed by atoms with Crippen molar-refractivity contribution in [3.8, 4) is 0 Å². The molecule has 148 valence electrons. The van der Waals surface area contributed by atoms with Crippen LogP contribution in [0.15, 0.2) is 53.3 Å². The second kappa shape index (κ2) is 8.92. The average Bonchev–Trinajstić information content (AvgIpc) is 2.73. The smallest absolute Gasteiger partial charge is 0.359 e. The van der Waals surface area contributed by atoms with Crippen molar-refractivity contribution >= 4 is 34.1 Å². The van der Waals surface area contributed by atoms with Crippen molar-refractivity contribution in [3.05, 3.63) is 70.1 Å². The fraction of sp³-hybridized carbons (Fsp3) is 0.190. The molecule has 0 aliphatic carbocycles. The zero-order valence-electron chi connectivity index (χ0n) is 15.7. The van der Waals surface area contributed by atoms with Gasteiger partial charge in [0.2, 0.25) is 5.91 Å². The lowest BCUT2D eigenvalue weighted by atomic mass is 10.1. The monoisotopic (exact) mass is 393 g/mol. The highest BCUT2D eigenvalue weighted by molar-refractivity contribution is 6.04. The number of nitrogens with zero attached hydrogens (tertiary/aromatic N) is 1. The summed E-state index contributed by atoms with van der Waals surface area (Å²) in [5.41, 5.74) is 0.438. The maximum atomic E-state index is 12.3. The van der Waals surface area contributed by atoms with Gasteiger partial charge in [-0.2, -0.15) is 5.10 Å². The van der Waals surface area contributed by atoms with E-state index >= 15 is 0 Å². The molecule has 1 amide bonds. The normalized spacial score (nSPS) is 10.5. The summed E-state index contributed by atoms with van der Waals surface area (Å²) >= 11 is 0. The van der Waals surface area contributed by atoms with Crippen LogP contribution in [0.3, 0.4) is 0 Å². The van der Waals surface area contributed by atoms with Gasteiger partial charge in [-0.05, 0) is 36.8 Å². The number of carbonyl (C=O) groups is 3. The van der Waals surface area contributed by atoms with Crippen LogP contribution in [0.25, 0.3) is 10.8 Å². The molecule has 0 spiro atoms. The molecular formula is C21H19N3O5. The predicted octanol–water partition coefficient (Wildman–Crippen LogP) is 2.70. The van der Waals surface area contributed by atoms with Crippen molar-refractivity contribution in [2.24, 2.45) is 0 Å². The molecule has 2 aromatic carbocycles. The molecule has 0 saturated heterocycles. The number of hydrogen-bond donors (Lipinski definition) is 2. The molecular weight excluding hydrogens is 374 g/mol. The molecule has 1 heterocycles. The highest BCUT2D eigenvalue weighted by Crippen LogP contribution is 2.14. The number of aromatic amines is 1. The minimum absolute atomic E-state index is 0.0676. The van der Waals surface area contributed by atoms with Crippen molar-refractivity contribution in [3.63, 3.8) is 0 Å². The van der Waals surface area contributed by atoms with E-state index in [2.05, 4.69) is 15.5 Å². The second-order valence-electron chi connectivity index (χ2n) is 6.32. The van der Waals surface area contributed by atoms with Gasteiger partial charge < -0.3 is 10.1 Å². The average molecular weight is 393 g/mol. The molecule has 0 aliphatic rings. The molecule has 29 heavy (non-hydrogen) atoms. The van der Waals surface area contributed by atoms with E-state index in [9.17, 15) is 19.2 Å². The van der Waals surface area contributed by atoms with Crippen LogP contribution < -0.4 is 10.9 Å². The number of fused-ring (bicyclic) bond motifs is 1. The van der Waals surface area contributed by atoms with Gasteiger partial charge in [0, 0.05) is 23.1 Å². The Morgan fingerprint density at radius 3 is 2.41 bits per heavy atom. The first-order valence-corrected chi connectivity index (χ1v) is 9.07. The molecule has 0 fully saturated rings. The second-order valence-corrected chi connectivity index (χ2v) is 6.32. The first-order chi connectivity index (χ1) is 14.0. The highest BCUT2D eigenvalue weighted by atomic mass is 16.5. The largest absolute Gasteiger partial charge is 0.452 e. The standard InChI is InChI=1S/C21H19N3O5/c1-2-5-18(26)22-14-10-8-13(9-11-14)17(25)12-29-21(28)19-15-6-3-4-7-16(15)20(27)24-23-19/h3-4,6-11H,2,5,12H2,1H3,(H,22,26)(H,24,27). The molecule has 3 rings (SSSR count). The SMILES string of the molecule is CCCC(=O)Nc1ccc(C(=O)COC(=O)c2n[nH]c(=O)c3ccccc23)cc1. The van der Waals surface area contributed by atoms with Crippen LogP contribution in [0.1, 0.15) is 40.6 Å². The van der Waals surface area contributed by atoms with E-state index in [0.717, 1.165) is 6.42 Å². The number of H-pyrrole nitrogens is 1. The van der Waals surface area contributed by atoms with Crippen LogP contribution >= 0.6 is 0 Å². The van der Waals surface area contributed by atoms with Gasteiger partial charge in [0.05, 0.1) is 5.39 Å². The Morgan fingerprint density at radius 1 is 1.03 bits per heavy atom. The number of ketones is 1. The number of benzene rings is 2. The number of hydrogen-bond acceptors (Lipinski definition) is 6. The van der Waals surface area contributed by atoms with Crippen LogP contribution in [0, 0.1) is 0 Å². The lowest BCUT2D eigenvalue weighted by Gasteiger charge is -2.07. The molecule has 0 unspecified atom stereocenters. The van der Waals surface area contributed by atoms with Gasteiger partial charge in [0.15, 0.2) is 18.1 Å². The summed E-state index contributed by atoms with van der Waals surface area (Å²) in [6.45, 7) is 1.43. The Bertz CT molecular complexity index is 1120. The lowest BCUT2D eigenvalue weighted by molar-refractivity contribution is -0.116. The summed E-state index contributed by atoms with van der Waals surface area (Å²) in [4.78, 5) is 48.0. The summed E-state index contributed by atoms with van der Waals surface area (Å²) in [6.07, 6.45) is 1.16. The highest BCUT2D eigenvalue weighted by Gasteiger charge is 2.17. The number of nitrogens with one attached hydrogen (secondary N) is 2. The van der Waals surface area contributed by atoms with Crippen LogP contribution in [0.4, 0.5) is 5.69 Å². The van der Waals surface area contributed by atoms with E-state index in [4.69, 9.17) is 4.74 Å². The Kier molecular flexibility index (Phi) is 6.13. The van der Waals surface area contributed by atoms with Crippen molar-refractivity contribution in [2.45, 2.75) is 19.8 Å². The first kappa shape index (κ1) is 19.9. The van der Waals surface area contributed by atoms with E-state index in [1.54, 1.807) is 48.5 Å². The zero-order chi connectivity index (χ0) is 20.8. The van der Waals surface area contributed by atoms with Gasteiger partial charge in [0.25, 0.3) is 5.56 Å². The first-order valence-electron chi connectivity index (χ1n) is 9.07. The molecule has 0 aliphatic heterocycles. The van der Waals surface area contributed by atoms with Gasteiger partial charge in [-0.25, -0.2) is 9.89 Å². The fourth-order valence-corrected chi connectivity index (χ4v) is 2.74. The zero-order valence-corrected chi connectivity index (χ0v) is 15.7. The van der Waals surface area contributed by atoms with E-state index in [1.165, 1.54) is 0 Å².